The number of fused-ring (bicyclic) bond motifs is 1. The van der Waals surface area contributed by atoms with Crippen LogP contribution in [0.5, 0.6) is 0 Å². The van der Waals surface area contributed by atoms with E-state index in [0.717, 1.165) is 48.3 Å². The second kappa shape index (κ2) is 9.83. The number of carbonyl (C=O) groups excluding carboxylic acids is 1. The zero-order valence-corrected chi connectivity index (χ0v) is 19.7. The third-order valence-electron chi connectivity index (χ3n) is 6.35. The number of nitrogens with one attached hydrogen (secondary N) is 3. The number of amides is 1. The minimum absolute atomic E-state index is 0.0310. The van der Waals surface area contributed by atoms with Crippen LogP contribution in [0.3, 0.4) is 0 Å². The number of anilines is 2. The predicted molar refractivity (Wildman–Crippen MR) is 136 cm³/mol. The molecule has 0 radical (unpaired) electrons. The van der Waals surface area contributed by atoms with Gasteiger partial charge in [0.15, 0.2) is 5.65 Å². The summed E-state index contributed by atoms with van der Waals surface area (Å²) in [7, 11) is 2.00. The second-order valence-corrected chi connectivity index (χ2v) is 9.08. The van der Waals surface area contributed by atoms with E-state index in [4.69, 9.17) is 11.6 Å². The van der Waals surface area contributed by atoms with E-state index >= 15 is 0 Å². The first-order chi connectivity index (χ1) is 16.6. The van der Waals surface area contributed by atoms with Gasteiger partial charge in [-0.1, -0.05) is 29.8 Å². The van der Waals surface area contributed by atoms with Crippen molar-refractivity contribution in [2.24, 2.45) is 0 Å². The van der Waals surface area contributed by atoms with Crippen molar-refractivity contribution >= 4 is 34.8 Å². The van der Waals surface area contributed by atoms with E-state index in [0.29, 0.717) is 22.6 Å². The summed E-state index contributed by atoms with van der Waals surface area (Å²) in [5.41, 5.74) is 4.04. The lowest BCUT2D eigenvalue weighted by Crippen LogP contribution is -2.41. The molecule has 8 heteroatoms. The molecule has 5 rings (SSSR count). The highest BCUT2D eigenvalue weighted by molar-refractivity contribution is 6.30. The Hall–Kier alpha value is -3.42. The fourth-order valence-corrected chi connectivity index (χ4v) is 4.64. The maximum absolute atomic E-state index is 12.7. The zero-order chi connectivity index (χ0) is 23.5. The van der Waals surface area contributed by atoms with E-state index in [-0.39, 0.29) is 11.9 Å². The van der Waals surface area contributed by atoms with Crippen molar-refractivity contribution in [3.63, 3.8) is 0 Å². The van der Waals surface area contributed by atoms with Crippen molar-refractivity contribution in [3.8, 4) is 11.3 Å². The number of aromatic nitrogens is 3. The summed E-state index contributed by atoms with van der Waals surface area (Å²) < 4.78 is 1.79. The number of carbonyl (C=O) groups is 1. The van der Waals surface area contributed by atoms with E-state index in [1.165, 1.54) is 0 Å². The molecule has 4 aromatic rings. The third kappa shape index (κ3) is 4.90. The van der Waals surface area contributed by atoms with Gasteiger partial charge in [-0.05, 0) is 81.3 Å². The smallest absolute Gasteiger partial charge is 0.251 e. The van der Waals surface area contributed by atoms with Gasteiger partial charge in [0, 0.05) is 33.9 Å². The predicted octanol–water partition coefficient (Wildman–Crippen LogP) is 5.05. The Kier molecular flexibility index (Phi) is 6.47. The van der Waals surface area contributed by atoms with Crippen LogP contribution in [0, 0.1) is 0 Å². The third-order valence-corrected chi connectivity index (χ3v) is 6.59. The van der Waals surface area contributed by atoms with Gasteiger partial charge in [0.05, 0.1) is 5.69 Å². The highest BCUT2D eigenvalue weighted by Crippen LogP contribution is 2.25. The summed E-state index contributed by atoms with van der Waals surface area (Å²) in [6.45, 7) is 0. The number of nitrogens with zero attached hydrogens (tertiary/aromatic N) is 3. The van der Waals surface area contributed by atoms with Crippen molar-refractivity contribution in [3.05, 3.63) is 77.3 Å². The van der Waals surface area contributed by atoms with Crippen LogP contribution in [-0.4, -0.2) is 39.6 Å². The van der Waals surface area contributed by atoms with Crippen LogP contribution in [0.2, 0.25) is 5.02 Å². The topological polar surface area (TPSA) is 83.3 Å². The van der Waals surface area contributed by atoms with Gasteiger partial charge in [-0.25, -0.2) is 4.52 Å². The fraction of sp³-hybridized carbons (Fsp3) is 0.269. The number of pyridine rings is 1. The summed E-state index contributed by atoms with van der Waals surface area (Å²) in [5.74, 6) is 0.449. The van der Waals surface area contributed by atoms with Gasteiger partial charge in [0.2, 0.25) is 5.95 Å². The normalized spacial score (nSPS) is 18.1. The molecule has 1 amide bonds. The number of hydrogen-bond acceptors (Lipinski definition) is 5. The highest BCUT2D eigenvalue weighted by Gasteiger charge is 2.21. The van der Waals surface area contributed by atoms with Gasteiger partial charge < -0.3 is 16.0 Å². The lowest BCUT2D eigenvalue weighted by molar-refractivity contribution is 0.0924. The Morgan fingerprint density at radius 3 is 2.44 bits per heavy atom. The molecule has 2 aromatic heterocycles. The summed E-state index contributed by atoms with van der Waals surface area (Å²) in [6.07, 6.45) is 4.20. The van der Waals surface area contributed by atoms with E-state index in [2.05, 4.69) is 26.0 Å². The largest absolute Gasteiger partial charge is 0.349 e. The molecule has 7 nitrogen and oxygen atoms in total. The Balaban J connectivity index is 1.27. The average molecular weight is 475 g/mol. The molecule has 0 aliphatic heterocycles. The van der Waals surface area contributed by atoms with Gasteiger partial charge in [-0.3, -0.25) is 4.79 Å². The lowest BCUT2D eigenvalue weighted by atomic mass is 9.91. The van der Waals surface area contributed by atoms with Crippen LogP contribution in [-0.2, 0) is 0 Å². The number of hydrogen-bond donors (Lipinski definition) is 3. The van der Waals surface area contributed by atoms with E-state index < -0.39 is 0 Å². The first kappa shape index (κ1) is 22.4. The summed E-state index contributed by atoms with van der Waals surface area (Å²) >= 11 is 6.17. The van der Waals surface area contributed by atoms with E-state index in [9.17, 15) is 4.79 Å². The van der Waals surface area contributed by atoms with Crippen molar-refractivity contribution < 1.29 is 4.79 Å². The van der Waals surface area contributed by atoms with Crippen LogP contribution >= 0.6 is 11.6 Å². The molecule has 0 bridgehead atoms. The van der Waals surface area contributed by atoms with Crippen molar-refractivity contribution in [1.82, 2.24) is 25.2 Å². The molecule has 0 atom stereocenters. The summed E-state index contributed by atoms with van der Waals surface area (Å²) in [5, 5.41) is 15.0. The van der Waals surface area contributed by atoms with Crippen molar-refractivity contribution in [1.29, 1.82) is 0 Å². The van der Waals surface area contributed by atoms with Crippen LogP contribution in [0.15, 0.2) is 66.7 Å². The molecule has 34 heavy (non-hydrogen) atoms. The van der Waals surface area contributed by atoms with Crippen LogP contribution < -0.4 is 16.0 Å². The van der Waals surface area contributed by atoms with Crippen molar-refractivity contribution in [2.45, 2.75) is 37.8 Å². The quantitative estimate of drug-likeness (QED) is 0.364. The Bertz CT molecular complexity index is 1290. The molecule has 1 aliphatic carbocycles. The molecule has 0 unspecified atom stereocenters. The lowest BCUT2D eigenvalue weighted by Gasteiger charge is -2.28. The molecule has 2 aromatic carbocycles. The molecule has 0 spiro atoms. The van der Waals surface area contributed by atoms with Gasteiger partial charge in [-0.15, -0.1) is 5.10 Å². The molecular formula is C26H27ClN6O. The standard InChI is InChI=1S/C26H27ClN6O/c1-28-20-12-14-21(15-13-20)29-25(34)17-8-10-22(11-9-17)30-26-31-24-7-3-6-23(33(24)32-26)18-4-2-5-19(27)16-18/h2-11,16,20-21,28H,12-15H2,1H3,(H,29,34)(H,30,32). The van der Waals surface area contributed by atoms with Crippen LogP contribution in [0.25, 0.3) is 16.9 Å². The monoisotopic (exact) mass is 474 g/mol. The van der Waals surface area contributed by atoms with E-state index in [1.54, 1.807) is 4.52 Å². The Labute approximate surface area is 203 Å². The van der Waals surface area contributed by atoms with Crippen LogP contribution in [0.1, 0.15) is 36.0 Å². The number of benzene rings is 2. The summed E-state index contributed by atoms with van der Waals surface area (Å²) in [4.78, 5) is 17.3. The first-order valence-corrected chi connectivity index (χ1v) is 11.9. The first-order valence-electron chi connectivity index (χ1n) is 11.6. The molecule has 1 aliphatic rings. The maximum Gasteiger partial charge on any atom is 0.251 e. The maximum atomic E-state index is 12.7. The Morgan fingerprint density at radius 1 is 0.971 bits per heavy atom. The fourth-order valence-electron chi connectivity index (χ4n) is 4.45. The van der Waals surface area contributed by atoms with Crippen molar-refractivity contribution in [2.75, 3.05) is 12.4 Å². The minimum atomic E-state index is -0.0310. The Morgan fingerprint density at radius 2 is 1.71 bits per heavy atom. The summed E-state index contributed by atoms with van der Waals surface area (Å²) in [6, 6.07) is 21.7. The van der Waals surface area contributed by atoms with Gasteiger partial charge in [0.25, 0.3) is 5.91 Å². The van der Waals surface area contributed by atoms with E-state index in [1.807, 2.05) is 73.8 Å². The molecule has 3 N–H and O–H groups in total. The SMILES string of the molecule is CNC1CCC(NC(=O)c2ccc(Nc3nc4cccc(-c5cccc(Cl)c5)n4n3)cc2)CC1. The highest BCUT2D eigenvalue weighted by atomic mass is 35.5. The molecule has 0 saturated heterocycles. The molecule has 2 heterocycles. The van der Waals surface area contributed by atoms with Crippen LogP contribution in [0.4, 0.5) is 11.6 Å². The minimum Gasteiger partial charge on any atom is -0.349 e. The second-order valence-electron chi connectivity index (χ2n) is 8.64. The van der Waals surface area contributed by atoms with Gasteiger partial charge in [-0.2, -0.15) is 4.98 Å². The van der Waals surface area contributed by atoms with Gasteiger partial charge in [0.1, 0.15) is 0 Å². The molecule has 1 saturated carbocycles. The zero-order valence-electron chi connectivity index (χ0n) is 19.0. The average Bonchev–Trinajstić information content (AvgIpc) is 3.27. The molecule has 174 valence electrons. The van der Waals surface area contributed by atoms with Gasteiger partial charge >= 0.3 is 0 Å². The number of halogens is 1. The molecule has 1 fully saturated rings. The number of rotatable bonds is 6. The molecular weight excluding hydrogens is 448 g/mol.